The van der Waals surface area contributed by atoms with E-state index in [0.29, 0.717) is 6.04 Å². The predicted octanol–water partition coefficient (Wildman–Crippen LogP) is 5.98. The highest BCUT2D eigenvalue weighted by molar-refractivity contribution is 9.10. The van der Waals surface area contributed by atoms with Crippen molar-refractivity contribution in [2.24, 2.45) is 5.41 Å². The minimum atomic E-state index is 0.682. The van der Waals surface area contributed by atoms with E-state index < -0.39 is 0 Å². The van der Waals surface area contributed by atoms with E-state index in [0.717, 1.165) is 5.41 Å². The molecule has 2 aliphatic rings. The number of aryl methyl sites for hydroxylation is 2. The Bertz CT molecular complexity index is 455. The van der Waals surface area contributed by atoms with E-state index in [2.05, 4.69) is 47.2 Å². The fourth-order valence-corrected chi connectivity index (χ4v) is 4.49. The van der Waals surface area contributed by atoms with Crippen LogP contribution in [0.25, 0.3) is 0 Å². The van der Waals surface area contributed by atoms with Crippen LogP contribution in [0.4, 0.5) is 5.69 Å². The molecule has 3 rings (SSSR count). The SMILES string of the molecule is Cc1cc(NC2CCC3(CCCC3)CC2)cc(C)c1Br. The molecule has 110 valence electrons. The monoisotopic (exact) mass is 335 g/mol. The average Bonchev–Trinajstić information content (AvgIpc) is 2.87. The van der Waals surface area contributed by atoms with Crippen LogP contribution in [0.1, 0.15) is 62.5 Å². The molecule has 0 saturated heterocycles. The molecule has 1 aromatic carbocycles. The molecular weight excluding hydrogens is 310 g/mol. The lowest BCUT2D eigenvalue weighted by Crippen LogP contribution is -2.31. The van der Waals surface area contributed by atoms with Crippen LogP contribution in [-0.2, 0) is 0 Å². The van der Waals surface area contributed by atoms with Gasteiger partial charge in [-0.25, -0.2) is 0 Å². The first-order chi connectivity index (χ1) is 9.58. The molecule has 0 heterocycles. The molecule has 0 amide bonds. The van der Waals surface area contributed by atoms with Gasteiger partial charge in [-0.05, 0) is 81.0 Å². The molecule has 2 aliphatic carbocycles. The van der Waals surface area contributed by atoms with Crippen LogP contribution >= 0.6 is 15.9 Å². The van der Waals surface area contributed by atoms with Crippen molar-refractivity contribution in [2.75, 3.05) is 5.32 Å². The van der Waals surface area contributed by atoms with Gasteiger partial charge >= 0.3 is 0 Å². The van der Waals surface area contributed by atoms with Crippen LogP contribution in [-0.4, -0.2) is 6.04 Å². The first kappa shape index (κ1) is 14.4. The summed E-state index contributed by atoms with van der Waals surface area (Å²) in [5, 5.41) is 3.78. The van der Waals surface area contributed by atoms with Crippen LogP contribution in [0.3, 0.4) is 0 Å². The zero-order valence-corrected chi connectivity index (χ0v) is 14.4. The van der Waals surface area contributed by atoms with Gasteiger partial charge in [0.05, 0.1) is 0 Å². The Balaban J connectivity index is 1.62. The second kappa shape index (κ2) is 5.71. The van der Waals surface area contributed by atoms with E-state index in [1.165, 1.54) is 72.7 Å². The molecule has 1 aromatic rings. The third-order valence-electron chi connectivity index (χ3n) is 5.52. The van der Waals surface area contributed by atoms with Gasteiger partial charge in [0.15, 0.2) is 0 Å². The lowest BCUT2D eigenvalue weighted by atomic mass is 9.71. The topological polar surface area (TPSA) is 12.0 Å². The molecule has 1 spiro atoms. The molecule has 2 heteroatoms. The summed E-state index contributed by atoms with van der Waals surface area (Å²) < 4.78 is 1.25. The van der Waals surface area contributed by atoms with E-state index in [4.69, 9.17) is 0 Å². The second-order valence-electron chi connectivity index (χ2n) is 7.05. The van der Waals surface area contributed by atoms with Crippen molar-refractivity contribution in [2.45, 2.75) is 71.3 Å². The van der Waals surface area contributed by atoms with Gasteiger partial charge < -0.3 is 5.32 Å². The molecule has 0 bridgehead atoms. The summed E-state index contributed by atoms with van der Waals surface area (Å²) in [6.45, 7) is 4.35. The summed E-state index contributed by atoms with van der Waals surface area (Å²) in [5.41, 5.74) is 4.70. The second-order valence-corrected chi connectivity index (χ2v) is 7.84. The Morgan fingerprint density at radius 3 is 2.10 bits per heavy atom. The van der Waals surface area contributed by atoms with Gasteiger partial charge in [0.2, 0.25) is 0 Å². The van der Waals surface area contributed by atoms with Gasteiger partial charge in [-0.1, -0.05) is 28.8 Å². The highest BCUT2D eigenvalue weighted by atomic mass is 79.9. The normalized spacial score (nSPS) is 22.4. The Labute approximate surface area is 131 Å². The number of halogens is 1. The predicted molar refractivity (Wildman–Crippen MR) is 90.4 cm³/mol. The molecule has 0 radical (unpaired) electrons. The van der Waals surface area contributed by atoms with E-state index in [1.54, 1.807) is 0 Å². The van der Waals surface area contributed by atoms with Crippen LogP contribution in [0, 0.1) is 19.3 Å². The smallest absolute Gasteiger partial charge is 0.0348 e. The van der Waals surface area contributed by atoms with Crippen molar-refractivity contribution in [3.8, 4) is 0 Å². The van der Waals surface area contributed by atoms with Crippen molar-refractivity contribution in [3.63, 3.8) is 0 Å². The molecule has 1 nitrogen and oxygen atoms in total. The number of anilines is 1. The van der Waals surface area contributed by atoms with Crippen LogP contribution in [0.5, 0.6) is 0 Å². The number of rotatable bonds is 2. The first-order valence-corrected chi connectivity index (χ1v) is 8.91. The maximum absolute atomic E-state index is 3.78. The summed E-state index contributed by atoms with van der Waals surface area (Å²) in [4.78, 5) is 0. The maximum Gasteiger partial charge on any atom is 0.0348 e. The Hall–Kier alpha value is -0.500. The zero-order chi connectivity index (χ0) is 14.2. The third-order valence-corrected chi connectivity index (χ3v) is 6.77. The standard InChI is InChI=1S/C18H26BrN/c1-13-11-16(12-14(2)17(13)19)20-15-5-9-18(10-6-15)7-3-4-8-18/h11-12,15,20H,3-10H2,1-2H3. The summed E-state index contributed by atoms with van der Waals surface area (Å²) in [6, 6.07) is 5.23. The molecule has 2 fully saturated rings. The maximum atomic E-state index is 3.78. The highest BCUT2D eigenvalue weighted by Crippen LogP contribution is 2.49. The summed E-state index contributed by atoms with van der Waals surface area (Å²) in [5.74, 6) is 0. The minimum Gasteiger partial charge on any atom is -0.382 e. The third kappa shape index (κ3) is 2.90. The molecule has 20 heavy (non-hydrogen) atoms. The van der Waals surface area contributed by atoms with Crippen LogP contribution < -0.4 is 5.32 Å². The average molecular weight is 336 g/mol. The summed E-state index contributed by atoms with van der Waals surface area (Å²) in [7, 11) is 0. The molecule has 0 unspecified atom stereocenters. The summed E-state index contributed by atoms with van der Waals surface area (Å²) in [6.07, 6.45) is 11.5. The van der Waals surface area contributed by atoms with E-state index in [1.807, 2.05) is 0 Å². The van der Waals surface area contributed by atoms with Gasteiger partial charge in [-0.3, -0.25) is 0 Å². The van der Waals surface area contributed by atoms with Gasteiger partial charge in [-0.2, -0.15) is 0 Å². The highest BCUT2D eigenvalue weighted by Gasteiger charge is 2.37. The van der Waals surface area contributed by atoms with Crippen molar-refractivity contribution < 1.29 is 0 Å². The Morgan fingerprint density at radius 1 is 1.00 bits per heavy atom. The van der Waals surface area contributed by atoms with Crippen LogP contribution in [0.2, 0.25) is 0 Å². The summed E-state index contributed by atoms with van der Waals surface area (Å²) >= 11 is 3.65. The Morgan fingerprint density at radius 2 is 1.55 bits per heavy atom. The lowest BCUT2D eigenvalue weighted by Gasteiger charge is -2.38. The first-order valence-electron chi connectivity index (χ1n) is 8.11. The number of hydrogen-bond acceptors (Lipinski definition) is 1. The quantitative estimate of drug-likeness (QED) is 0.700. The van der Waals surface area contributed by atoms with Gasteiger partial charge in [0.1, 0.15) is 0 Å². The molecule has 1 N–H and O–H groups in total. The number of hydrogen-bond donors (Lipinski definition) is 1. The molecule has 0 aromatic heterocycles. The molecule has 2 saturated carbocycles. The Kier molecular flexibility index (Phi) is 4.12. The van der Waals surface area contributed by atoms with E-state index in [9.17, 15) is 0 Å². The van der Waals surface area contributed by atoms with E-state index >= 15 is 0 Å². The molecule has 0 aliphatic heterocycles. The van der Waals surface area contributed by atoms with Crippen molar-refractivity contribution in [3.05, 3.63) is 27.7 Å². The van der Waals surface area contributed by atoms with Crippen molar-refractivity contribution in [1.29, 1.82) is 0 Å². The number of benzene rings is 1. The lowest BCUT2D eigenvalue weighted by molar-refractivity contribution is 0.188. The minimum absolute atomic E-state index is 0.682. The van der Waals surface area contributed by atoms with Gasteiger partial charge in [-0.15, -0.1) is 0 Å². The largest absolute Gasteiger partial charge is 0.382 e. The fourth-order valence-electron chi connectivity index (χ4n) is 4.26. The van der Waals surface area contributed by atoms with Gasteiger partial charge in [0.25, 0.3) is 0 Å². The fraction of sp³-hybridized carbons (Fsp3) is 0.667. The van der Waals surface area contributed by atoms with Crippen molar-refractivity contribution >= 4 is 21.6 Å². The van der Waals surface area contributed by atoms with Gasteiger partial charge in [0, 0.05) is 16.2 Å². The molecule has 0 atom stereocenters. The van der Waals surface area contributed by atoms with Crippen molar-refractivity contribution in [1.82, 2.24) is 0 Å². The van der Waals surface area contributed by atoms with E-state index in [-0.39, 0.29) is 0 Å². The number of nitrogens with one attached hydrogen (secondary N) is 1. The van der Waals surface area contributed by atoms with Crippen LogP contribution in [0.15, 0.2) is 16.6 Å². The molecular formula is C18H26BrN. The zero-order valence-electron chi connectivity index (χ0n) is 12.8.